The van der Waals surface area contributed by atoms with Gasteiger partial charge in [-0.2, -0.15) is 4.37 Å². The molecule has 2 N–H and O–H groups in total. The Balaban J connectivity index is 2.09. The molecule has 1 heterocycles. The van der Waals surface area contributed by atoms with Gasteiger partial charge in [-0.1, -0.05) is 0 Å². The molecule has 1 aromatic heterocycles. The van der Waals surface area contributed by atoms with Crippen LogP contribution in [0.15, 0.2) is 6.20 Å². The van der Waals surface area contributed by atoms with Gasteiger partial charge < -0.3 is 20.1 Å². The monoisotopic (exact) mass is 260 g/mol. The van der Waals surface area contributed by atoms with Crippen LogP contribution in [0.25, 0.3) is 0 Å². The molecule has 0 saturated carbocycles. The zero-order valence-electron chi connectivity index (χ0n) is 9.79. The molecule has 0 aromatic carbocycles. The van der Waals surface area contributed by atoms with Crippen molar-refractivity contribution in [3.63, 3.8) is 0 Å². The molecule has 7 nitrogen and oxygen atoms in total. The first-order valence-electron chi connectivity index (χ1n) is 5.09. The number of aliphatic hydroxyl groups is 1. The van der Waals surface area contributed by atoms with Crippen molar-refractivity contribution in [3.8, 4) is 5.88 Å². The third kappa shape index (κ3) is 5.57. The number of aliphatic hydroxyl groups excluding tert-OH is 1. The lowest BCUT2D eigenvalue weighted by molar-refractivity contribution is -0.127. The standard InChI is InChI=1S/C9H16N4O3S/c1-13(2)9(15)5-10-3-7(14)6-16-8-4-11-17-12-8/h4,7,10,14H,3,5-6H2,1-2H3. The fourth-order valence-corrected chi connectivity index (χ4v) is 1.33. The van der Waals surface area contributed by atoms with E-state index in [1.54, 1.807) is 14.1 Å². The van der Waals surface area contributed by atoms with E-state index in [0.29, 0.717) is 5.88 Å². The zero-order valence-corrected chi connectivity index (χ0v) is 10.6. The second kappa shape index (κ2) is 7.15. The fourth-order valence-electron chi connectivity index (χ4n) is 0.964. The number of likely N-dealkylation sites (N-methyl/N-ethyl adjacent to an activating group) is 1. The van der Waals surface area contributed by atoms with Crippen LogP contribution < -0.4 is 10.1 Å². The van der Waals surface area contributed by atoms with Crippen LogP contribution in [-0.2, 0) is 4.79 Å². The van der Waals surface area contributed by atoms with Gasteiger partial charge in [-0.3, -0.25) is 4.79 Å². The minimum Gasteiger partial charge on any atom is -0.473 e. The molecule has 96 valence electrons. The van der Waals surface area contributed by atoms with Crippen molar-refractivity contribution < 1.29 is 14.6 Å². The lowest BCUT2D eigenvalue weighted by Crippen LogP contribution is -2.38. The normalized spacial score (nSPS) is 12.2. The van der Waals surface area contributed by atoms with Crippen molar-refractivity contribution in [1.29, 1.82) is 0 Å². The van der Waals surface area contributed by atoms with Gasteiger partial charge in [0, 0.05) is 20.6 Å². The average molecular weight is 260 g/mol. The van der Waals surface area contributed by atoms with Crippen molar-refractivity contribution in [2.24, 2.45) is 0 Å². The molecule has 1 unspecified atom stereocenters. The van der Waals surface area contributed by atoms with E-state index < -0.39 is 6.10 Å². The summed E-state index contributed by atoms with van der Waals surface area (Å²) in [7, 11) is 3.36. The molecule has 1 aromatic rings. The number of hydrogen-bond acceptors (Lipinski definition) is 7. The Morgan fingerprint density at radius 1 is 1.71 bits per heavy atom. The molecule has 0 aliphatic heterocycles. The zero-order chi connectivity index (χ0) is 12.7. The van der Waals surface area contributed by atoms with E-state index >= 15 is 0 Å². The minimum atomic E-state index is -0.688. The van der Waals surface area contributed by atoms with E-state index in [2.05, 4.69) is 14.1 Å². The van der Waals surface area contributed by atoms with Crippen LogP contribution >= 0.6 is 11.7 Å². The Bertz CT molecular complexity index is 331. The van der Waals surface area contributed by atoms with Gasteiger partial charge in [0.15, 0.2) is 0 Å². The van der Waals surface area contributed by atoms with E-state index in [4.69, 9.17) is 4.74 Å². The Morgan fingerprint density at radius 2 is 2.47 bits per heavy atom. The van der Waals surface area contributed by atoms with E-state index in [9.17, 15) is 9.90 Å². The third-order valence-electron chi connectivity index (χ3n) is 1.92. The molecule has 0 bridgehead atoms. The largest absolute Gasteiger partial charge is 0.473 e. The Labute approximate surface area is 104 Å². The highest BCUT2D eigenvalue weighted by Gasteiger charge is 2.08. The lowest BCUT2D eigenvalue weighted by atomic mass is 10.3. The number of amides is 1. The van der Waals surface area contributed by atoms with E-state index in [1.165, 1.54) is 11.1 Å². The van der Waals surface area contributed by atoms with Crippen molar-refractivity contribution >= 4 is 17.6 Å². The second-order valence-corrected chi connectivity index (χ2v) is 4.19. The predicted octanol–water partition coefficient (Wildman–Crippen LogP) is -1.04. The number of aromatic nitrogens is 2. The van der Waals surface area contributed by atoms with Crippen LogP contribution in [0.5, 0.6) is 5.88 Å². The van der Waals surface area contributed by atoms with E-state index in [1.807, 2.05) is 0 Å². The highest BCUT2D eigenvalue weighted by molar-refractivity contribution is 6.99. The predicted molar refractivity (Wildman–Crippen MR) is 63.0 cm³/mol. The topological polar surface area (TPSA) is 87.6 Å². The summed E-state index contributed by atoms with van der Waals surface area (Å²) in [5, 5.41) is 12.4. The van der Waals surface area contributed by atoms with Gasteiger partial charge in [0.1, 0.15) is 18.9 Å². The summed E-state index contributed by atoms with van der Waals surface area (Å²) in [4.78, 5) is 12.7. The quantitative estimate of drug-likeness (QED) is 0.651. The van der Waals surface area contributed by atoms with Crippen molar-refractivity contribution in [3.05, 3.63) is 6.20 Å². The molecule has 8 heteroatoms. The summed E-state index contributed by atoms with van der Waals surface area (Å²) >= 11 is 1.04. The second-order valence-electron chi connectivity index (χ2n) is 3.63. The van der Waals surface area contributed by atoms with Crippen LogP contribution in [0.4, 0.5) is 0 Å². The molecule has 1 amide bonds. The maximum Gasteiger partial charge on any atom is 0.245 e. The number of nitrogens with zero attached hydrogens (tertiary/aromatic N) is 3. The first-order chi connectivity index (χ1) is 8.09. The summed E-state index contributed by atoms with van der Waals surface area (Å²) in [5.41, 5.74) is 0. The number of ether oxygens (including phenoxy) is 1. The van der Waals surface area contributed by atoms with Gasteiger partial charge in [0.2, 0.25) is 11.8 Å². The van der Waals surface area contributed by atoms with Crippen LogP contribution in [-0.4, -0.2) is 64.6 Å². The van der Waals surface area contributed by atoms with Crippen molar-refractivity contribution in [1.82, 2.24) is 19.0 Å². The van der Waals surface area contributed by atoms with E-state index in [0.717, 1.165) is 11.7 Å². The fraction of sp³-hybridized carbons (Fsp3) is 0.667. The molecule has 1 atom stereocenters. The van der Waals surface area contributed by atoms with Gasteiger partial charge in [0.05, 0.1) is 18.3 Å². The number of hydrogen-bond donors (Lipinski definition) is 2. The van der Waals surface area contributed by atoms with Gasteiger partial charge in [-0.05, 0) is 0 Å². The lowest BCUT2D eigenvalue weighted by Gasteiger charge is -2.13. The maximum absolute atomic E-state index is 11.2. The highest BCUT2D eigenvalue weighted by atomic mass is 32.1. The average Bonchev–Trinajstić information content (AvgIpc) is 2.78. The SMILES string of the molecule is CN(C)C(=O)CNCC(O)COc1cnsn1. The molecule has 0 fully saturated rings. The van der Waals surface area contributed by atoms with Crippen molar-refractivity contribution in [2.45, 2.75) is 6.10 Å². The molecule has 0 aliphatic rings. The number of carbonyl (C=O) groups excluding carboxylic acids is 1. The molecular weight excluding hydrogens is 244 g/mol. The third-order valence-corrected chi connectivity index (χ3v) is 2.38. The molecular formula is C9H16N4O3S. The molecule has 17 heavy (non-hydrogen) atoms. The Hall–Kier alpha value is -1.25. The highest BCUT2D eigenvalue weighted by Crippen LogP contribution is 2.04. The summed E-state index contributed by atoms with van der Waals surface area (Å²) < 4.78 is 12.8. The van der Waals surface area contributed by atoms with Crippen LogP contribution in [0.1, 0.15) is 0 Å². The van der Waals surface area contributed by atoms with Gasteiger partial charge in [-0.15, -0.1) is 4.37 Å². The number of rotatable bonds is 7. The molecule has 0 radical (unpaired) electrons. The first-order valence-corrected chi connectivity index (χ1v) is 5.82. The van der Waals surface area contributed by atoms with Crippen LogP contribution in [0.3, 0.4) is 0 Å². The van der Waals surface area contributed by atoms with Crippen LogP contribution in [0, 0.1) is 0 Å². The maximum atomic E-state index is 11.2. The van der Waals surface area contributed by atoms with Gasteiger partial charge >= 0.3 is 0 Å². The Kier molecular flexibility index (Phi) is 5.81. The molecule has 0 spiro atoms. The minimum absolute atomic E-state index is 0.0400. The van der Waals surface area contributed by atoms with Crippen LogP contribution in [0.2, 0.25) is 0 Å². The summed E-state index contributed by atoms with van der Waals surface area (Å²) in [6.07, 6.45) is 0.798. The molecule has 0 saturated heterocycles. The number of carbonyl (C=O) groups is 1. The summed E-state index contributed by atoms with van der Waals surface area (Å²) in [6.45, 7) is 0.605. The summed E-state index contributed by atoms with van der Waals surface area (Å²) in [5.74, 6) is 0.361. The molecule has 1 rings (SSSR count). The summed E-state index contributed by atoms with van der Waals surface area (Å²) in [6, 6.07) is 0. The van der Waals surface area contributed by atoms with Gasteiger partial charge in [-0.25, -0.2) is 0 Å². The smallest absolute Gasteiger partial charge is 0.245 e. The Morgan fingerprint density at radius 3 is 3.06 bits per heavy atom. The van der Waals surface area contributed by atoms with Crippen molar-refractivity contribution in [2.75, 3.05) is 33.8 Å². The van der Waals surface area contributed by atoms with Gasteiger partial charge in [0.25, 0.3) is 0 Å². The number of nitrogens with one attached hydrogen (secondary N) is 1. The van der Waals surface area contributed by atoms with E-state index in [-0.39, 0.29) is 25.6 Å². The molecule has 0 aliphatic carbocycles. The first kappa shape index (κ1) is 13.8.